The Kier molecular flexibility index (Phi) is 6.70. The zero-order valence-electron chi connectivity index (χ0n) is 14.7. The van der Waals surface area contributed by atoms with E-state index >= 15 is 0 Å². The summed E-state index contributed by atoms with van der Waals surface area (Å²) in [6.07, 6.45) is -1.19. The molecule has 0 saturated carbocycles. The smallest absolute Gasteiger partial charge is 0.383 e. The van der Waals surface area contributed by atoms with Gasteiger partial charge in [0.1, 0.15) is 0 Å². The first-order chi connectivity index (χ1) is 11.8. The highest BCUT2D eigenvalue weighted by Gasteiger charge is 2.32. The summed E-state index contributed by atoms with van der Waals surface area (Å²) in [7, 11) is 0. The van der Waals surface area contributed by atoms with E-state index in [0.717, 1.165) is 31.5 Å². The fourth-order valence-corrected chi connectivity index (χ4v) is 2.98. The molecule has 2 rings (SSSR count). The molecule has 1 amide bonds. The van der Waals surface area contributed by atoms with Crippen molar-refractivity contribution in [1.29, 1.82) is 0 Å². The number of carbonyl (C=O) groups is 1. The summed E-state index contributed by atoms with van der Waals surface area (Å²) in [4.78, 5) is 12.5. The minimum Gasteiger partial charge on any atom is -0.383 e. The first-order valence-corrected chi connectivity index (χ1v) is 8.80. The zero-order chi connectivity index (χ0) is 18.4. The first-order valence-electron chi connectivity index (χ1n) is 8.80. The molecule has 1 aromatic rings. The number of halogens is 3. The molecule has 1 aromatic carbocycles. The number of benzene rings is 1. The van der Waals surface area contributed by atoms with E-state index in [9.17, 15) is 18.0 Å². The lowest BCUT2D eigenvalue weighted by Gasteiger charge is -2.27. The number of carbonyl (C=O) groups excluding carboxylic acids is 1. The van der Waals surface area contributed by atoms with E-state index in [1.54, 1.807) is 0 Å². The molecule has 1 aliphatic heterocycles. The molecule has 25 heavy (non-hydrogen) atoms. The molecule has 4 nitrogen and oxygen atoms in total. The summed E-state index contributed by atoms with van der Waals surface area (Å²) in [5.41, 5.74) is -0.0404. The van der Waals surface area contributed by atoms with Crippen molar-refractivity contribution in [2.45, 2.75) is 51.7 Å². The van der Waals surface area contributed by atoms with E-state index in [0.29, 0.717) is 25.1 Å². The third-order valence-electron chi connectivity index (χ3n) is 4.45. The van der Waals surface area contributed by atoms with Crippen molar-refractivity contribution in [2.24, 2.45) is 5.92 Å². The number of amides is 1. The second-order valence-corrected chi connectivity index (χ2v) is 6.60. The van der Waals surface area contributed by atoms with Crippen molar-refractivity contribution in [1.82, 2.24) is 5.32 Å². The lowest BCUT2D eigenvalue weighted by atomic mass is 9.92. The molecule has 0 radical (unpaired) electrons. The molecule has 1 saturated heterocycles. The molecule has 1 heterocycles. The topological polar surface area (TPSA) is 53.2 Å². The van der Waals surface area contributed by atoms with Crippen LogP contribution < -0.4 is 16.0 Å². The average Bonchev–Trinajstić information content (AvgIpc) is 2.55. The number of rotatable bonds is 6. The van der Waals surface area contributed by atoms with E-state index in [4.69, 9.17) is 0 Å². The molecule has 0 spiro atoms. The molecule has 7 heteroatoms. The lowest BCUT2D eigenvalue weighted by molar-refractivity contribution is -0.137. The maximum Gasteiger partial charge on any atom is 0.416 e. The Labute approximate surface area is 146 Å². The predicted molar refractivity (Wildman–Crippen MR) is 93.7 cm³/mol. The van der Waals surface area contributed by atoms with Gasteiger partial charge >= 0.3 is 6.18 Å². The van der Waals surface area contributed by atoms with Crippen molar-refractivity contribution >= 4 is 17.3 Å². The Morgan fingerprint density at radius 1 is 1.32 bits per heavy atom. The second-order valence-electron chi connectivity index (χ2n) is 6.60. The number of unbranched alkanes of at least 4 members (excludes halogenated alkanes) is 1. The molecule has 0 aromatic heterocycles. The van der Waals surface area contributed by atoms with Gasteiger partial charge in [-0.1, -0.05) is 13.3 Å². The number of anilines is 2. The maximum absolute atomic E-state index is 13.0. The third-order valence-corrected chi connectivity index (χ3v) is 4.45. The molecule has 140 valence electrons. The van der Waals surface area contributed by atoms with Crippen molar-refractivity contribution < 1.29 is 18.0 Å². The van der Waals surface area contributed by atoms with Gasteiger partial charge in [-0.3, -0.25) is 4.79 Å². The van der Waals surface area contributed by atoms with Crippen molar-refractivity contribution in [3.05, 3.63) is 23.8 Å². The van der Waals surface area contributed by atoms with Crippen LogP contribution in [0.5, 0.6) is 0 Å². The van der Waals surface area contributed by atoms with E-state index < -0.39 is 11.7 Å². The Morgan fingerprint density at radius 2 is 2.08 bits per heavy atom. The largest absolute Gasteiger partial charge is 0.416 e. The van der Waals surface area contributed by atoms with Gasteiger partial charge in [0.2, 0.25) is 5.91 Å². The summed E-state index contributed by atoms with van der Waals surface area (Å²) in [6, 6.07) is 3.67. The van der Waals surface area contributed by atoms with Gasteiger partial charge in [0.15, 0.2) is 0 Å². The highest BCUT2D eigenvalue weighted by molar-refractivity contribution is 5.96. The number of hydrogen-bond donors (Lipinski definition) is 3. The van der Waals surface area contributed by atoms with Gasteiger partial charge in [-0.15, -0.1) is 0 Å². The van der Waals surface area contributed by atoms with Crippen molar-refractivity contribution in [3.63, 3.8) is 0 Å². The fourth-order valence-electron chi connectivity index (χ4n) is 2.98. The van der Waals surface area contributed by atoms with Crippen LogP contribution in [0.1, 0.15) is 45.1 Å². The Balaban J connectivity index is 2.17. The predicted octanol–water partition coefficient (Wildman–Crippen LogP) is 4.24. The molecule has 2 atom stereocenters. The van der Waals surface area contributed by atoms with Crippen molar-refractivity contribution in [2.75, 3.05) is 23.7 Å². The number of nitrogens with one attached hydrogen (secondary N) is 3. The summed E-state index contributed by atoms with van der Waals surface area (Å²) in [5.74, 6) is -0.402. The van der Waals surface area contributed by atoms with Gasteiger partial charge in [-0.25, -0.2) is 0 Å². The number of hydrogen-bond acceptors (Lipinski definition) is 3. The SMILES string of the molecule is CCCCNc1ccc(C(F)(F)F)cc1NC(=O)[C@H]1CCN[C@@H](C)C1. The number of piperidine rings is 1. The van der Waals surface area contributed by atoms with Crippen LogP contribution in [0.3, 0.4) is 0 Å². The van der Waals surface area contributed by atoms with Crippen LogP contribution in [-0.2, 0) is 11.0 Å². The normalized spacial score (nSPS) is 21.0. The van der Waals surface area contributed by atoms with Crippen LogP contribution >= 0.6 is 0 Å². The highest BCUT2D eigenvalue weighted by Crippen LogP contribution is 2.34. The van der Waals surface area contributed by atoms with Crippen LogP contribution in [0, 0.1) is 5.92 Å². The summed E-state index contributed by atoms with van der Waals surface area (Å²) >= 11 is 0. The Morgan fingerprint density at radius 3 is 2.72 bits per heavy atom. The van der Waals surface area contributed by atoms with Crippen LogP contribution in [-0.4, -0.2) is 25.0 Å². The minimum absolute atomic E-state index is 0.186. The fraction of sp³-hybridized carbons (Fsp3) is 0.611. The molecule has 1 fully saturated rings. The van der Waals surface area contributed by atoms with Gasteiger partial charge in [-0.2, -0.15) is 13.2 Å². The molecule has 0 aliphatic carbocycles. The minimum atomic E-state index is -4.44. The summed E-state index contributed by atoms with van der Waals surface area (Å²) in [5, 5.41) is 9.09. The van der Waals surface area contributed by atoms with Gasteiger partial charge in [0.25, 0.3) is 0 Å². The summed E-state index contributed by atoms with van der Waals surface area (Å²) < 4.78 is 39.0. The highest BCUT2D eigenvalue weighted by atomic mass is 19.4. The van der Waals surface area contributed by atoms with E-state index in [1.165, 1.54) is 6.07 Å². The van der Waals surface area contributed by atoms with Crippen LogP contribution in [0.15, 0.2) is 18.2 Å². The van der Waals surface area contributed by atoms with Gasteiger partial charge in [-0.05, 0) is 50.9 Å². The van der Waals surface area contributed by atoms with E-state index in [-0.39, 0.29) is 23.6 Å². The molecule has 0 unspecified atom stereocenters. The monoisotopic (exact) mass is 357 g/mol. The third kappa shape index (κ3) is 5.63. The average molecular weight is 357 g/mol. The second kappa shape index (κ2) is 8.56. The first kappa shape index (κ1) is 19.6. The summed E-state index contributed by atoms with van der Waals surface area (Å²) in [6.45, 7) is 5.43. The lowest BCUT2D eigenvalue weighted by Crippen LogP contribution is -2.40. The zero-order valence-corrected chi connectivity index (χ0v) is 14.7. The van der Waals surface area contributed by atoms with E-state index in [2.05, 4.69) is 16.0 Å². The van der Waals surface area contributed by atoms with Gasteiger partial charge < -0.3 is 16.0 Å². The molecular formula is C18H26F3N3O. The van der Waals surface area contributed by atoms with Gasteiger partial charge in [0, 0.05) is 18.5 Å². The van der Waals surface area contributed by atoms with Crippen LogP contribution in [0.2, 0.25) is 0 Å². The van der Waals surface area contributed by atoms with Crippen molar-refractivity contribution in [3.8, 4) is 0 Å². The molecule has 0 bridgehead atoms. The Bertz CT molecular complexity index is 589. The number of alkyl halides is 3. The van der Waals surface area contributed by atoms with Crippen LogP contribution in [0.25, 0.3) is 0 Å². The molecule has 3 N–H and O–H groups in total. The molecule has 1 aliphatic rings. The van der Waals surface area contributed by atoms with Crippen LogP contribution in [0.4, 0.5) is 24.5 Å². The standard InChI is InChI=1S/C18H26F3N3O/c1-3-4-8-23-15-6-5-14(18(19,20)21)11-16(15)24-17(25)13-7-9-22-12(2)10-13/h5-6,11-13,22-23H,3-4,7-10H2,1-2H3,(H,24,25)/t12-,13-/m0/s1. The molecular weight excluding hydrogens is 331 g/mol. The van der Waals surface area contributed by atoms with E-state index in [1.807, 2.05) is 13.8 Å². The van der Waals surface area contributed by atoms with Gasteiger partial charge in [0.05, 0.1) is 16.9 Å². The maximum atomic E-state index is 13.0. The quantitative estimate of drug-likeness (QED) is 0.668. The Hall–Kier alpha value is -1.76.